The second-order valence-electron chi connectivity index (χ2n) is 8.19. The van der Waals surface area contributed by atoms with Crippen molar-refractivity contribution in [3.63, 3.8) is 0 Å². The molecule has 1 saturated heterocycles. The van der Waals surface area contributed by atoms with Crippen molar-refractivity contribution in [3.8, 4) is 0 Å². The normalized spacial score (nSPS) is 17.9. The summed E-state index contributed by atoms with van der Waals surface area (Å²) >= 11 is 0. The Hall–Kier alpha value is -1.96. The fraction of sp³-hybridized carbons (Fsp3) is 0.818. The van der Waals surface area contributed by atoms with Crippen LogP contribution < -0.4 is 5.48 Å². The van der Waals surface area contributed by atoms with Crippen LogP contribution in [0.25, 0.3) is 0 Å². The Morgan fingerprint density at radius 2 is 1.87 bits per heavy atom. The molecule has 8 nitrogen and oxygen atoms in total. The monoisotopic (exact) mass is 426 g/mol. The van der Waals surface area contributed by atoms with Gasteiger partial charge in [-0.25, -0.2) is 5.48 Å². The van der Waals surface area contributed by atoms with Crippen LogP contribution in [-0.2, 0) is 23.9 Å². The fourth-order valence-corrected chi connectivity index (χ4v) is 3.98. The molecule has 0 unspecified atom stereocenters. The number of amides is 2. The van der Waals surface area contributed by atoms with E-state index in [4.69, 9.17) is 5.21 Å². The summed E-state index contributed by atoms with van der Waals surface area (Å²) in [6.45, 7) is 2.53. The molecule has 0 aromatic carbocycles. The molecule has 0 aromatic rings. The van der Waals surface area contributed by atoms with Gasteiger partial charge in [-0.2, -0.15) is 0 Å². The van der Waals surface area contributed by atoms with Gasteiger partial charge in [-0.05, 0) is 19.3 Å². The number of hydrogen-bond acceptors (Lipinski definition) is 6. The third-order valence-corrected chi connectivity index (χ3v) is 5.80. The highest BCUT2D eigenvalue weighted by molar-refractivity contribution is 5.91. The van der Waals surface area contributed by atoms with Crippen molar-refractivity contribution in [2.75, 3.05) is 20.2 Å². The van der Waals surface area contributed by atoms with Crippen LogP contribution in [0.5, 0.6) is 0 Å². The molecule has 8 heteroatoms. The maximum absolute atomic E-state index is 12.9. The number of rotatable bonds is 14. The highest BCUT2D eigenvalue weighted by Gasteiger charge is 2.32. The van der Waals surface area contributed by atoms with E-state index in [2.05, 4.69) is 11.7 Å². The lowest BCUT2D eigenvalue weighted by molar-refractivity contribution is -0.148. The second-order valence-corrected chi connectivity index (χ2v) is 8.19. The zero-order chi connectivity index (χ0) is 22.4. The highest BCUT2D eigenvalue weighted by atomic mass is 16.5. The van der Waals surface area contributed by atoms with Crippen LogP contribution in [-0.4, -0.2) is 53.9 Å². The van der Waals surface area contributed by atoms with Crippen LogP contribution >= 0.6 is 0 Å². The summed E-state index contributed by atoms with van der Waals surface area (Å²) in [6, 6.07) is 0. The first-order valence-electron chi connectivity index (χ1n) is 11.2. The molecule has 30 heavy (non-hydrogen) atoms. The molecule has 1 heterocycles. The number of hydrogen-bond donors (Lipinski definition) is 2. The molecule has 0 saturated carbocycles. The van der Waals surface area contributed by atoms with Crippen molar-refractivity contribution < 1.29 is 29.1 Å². The van der Waals surface area contributed by atoms with Crippen molar-refractivity contribution in [1.82, 2.24) is 10.4 Å². The number of nitrogens with zero attached hydrogens (tertiary/aromatic N) is 1. The topological polar surface area (TPSA) is 113 Å². The number of esters is 1. The van der Waals surface area contributed by atoms with Gasteiger partial charge in [0.05, 0.1) is 7.11 Å². The molecule has 0 aliphatic carbocycles. The van der Waals surface area contributed by atoms with E-state index in [1.807, 2.05) is 0 Å². The first kappa shape index (κ1) is 26.1. The van der Waals surface area contributed by atoms with Crippen LogP contribution in [0.15, 0.2) is 0 Å². The minimum Gasteiger partial charge on any atom is -0.468 e. The summed E-state index contributed by atoms with van der Waals surface area (Å²) in [5, 5.41) is 8.86. The molecule has 1 aliphatic heterocycles. The van der Waals surface area contributed by atoms with Gasteiger partial charge in [0.2, 0.25) is 11.8 Å². The van der Waals surface area contributed by atoms with Gasteiger partial charge in [0.15, 0.2) is 0 Å². The molecule has 2 atom stereocenters. The zero-order valence-electron chi connectivity index (χ0n) is 18.5. The Labute approximate surface area is 179 Å². The average Bonchev–Trinajstić information content (AvgIpc) is 2.91. The van der Waals surface area contributed by atoms with E-state index < -0.39 is 23.7 Å². The van der Waals surface area contributed by atoms with E-state index in [9.17, 15) is 19.2 Å². The fourth-order valence-electron chi connectivity index (χ4n) is 3.98. The number of carbonyl (C=O) groups excluding carboxylic acids is 4. The summed E-state index contributed by atoms with van der Waals surface area (Å²) in [5.41, 5.74) is 1.61. The van der Waals surface area contributed by atoms with E-state index in [0.717, 1.165) is 32.1 Å². The molecule has 2 amide bonds. The van der Waals surface area contributed by atoms with Gasteiger partial charge in [-0.3, -0.25) is 24.4 Å². The first-order chi connectivity index (χ1) is 14.4. The molecule has 0 bridgehead atoms. The minimum atomic E-state index is -0.584. The third-order valence-electron chi connectivity index (χ3n) is 5.80. The summed E-state index contributed by atoms with van der Waals surface area (Å²) in [5.74, 6) is -2.36. The predicted octanol–water partition coefficient (Wildman–Crippen LogP) is 3.01. The van der Waals surface area contributed by atoms with Gasteiger partial charge in [0, 0.05) is 31.2 Å². The smallest absolute Gasteiger partial charge is 0.325 e. The van der Waals surface area contributed by atoms with Gasteiger partial charge in [0.25, 0.3) is 0 Å². The third kappa shape index (κ3) is 9.69. The Bertz CT molecular complexity index is 566. The average molecular weight is 427 g/mol. The van der Waals surface area contributed by atoms with E-state index in [1.165, 1.54) is 31.3 Å². The molecule has 1 aliphatic rings. The minimum absolute atomic E-state index is 0.0652. The first-order valence-corrected chi connectivity index (χ1v) is 11.2. The molecule has 1 fully saturated rings. The summed E-state index contributed by atoms with van der Waals surface area (Å²) in [4.78, 5) is 50.5. The molecule has 0 aromatic heterocycles. The zero-order valence-corrected chi connectivity index (χ0v) is 18.5. The molecule has 1 rings (SSSR count). The second kappa shape index (κ2) is 14.9. The van der Waals surface area contributed by atoms with Crippen molar-refractivity contribution in [2.24, 2.45) is 11.8 Å². The van der Waals surface area contributed by atoms with E-state index in [-0.39, 0.29) is 31.1 Å². The number of ketones is 1. The van der Waals surface area contributed by atoms with Gasteiger partial charge in [-0.1, -0.05) is 51.9 Å². The summed E-state index contributed by atoms with van der Waals surface area (Å²) in [6.07, 6.45) is 9.22. The SMILES string of the molecule is CCCCCCCC[C@H](CC(=O)NO)C(=O)C[C@H]1CCCCN(CC(=O)OC)C1=O. The number of likely N-dealkylation sites (tertiary alicyclic amines) is 1. The van der Waals surface area contributed by atoms with Gasteiger partial charge in [0.1, 0.15) is 12.3 Å². The van der Waals surface area contributed by atoms with Gasteiger partial charge < -0.3 is 9.64 Å². The van der Waals surface area contributed by atoms with Crippen LogP contribution in [0.4, 0.5) is 0 Å². The number of carbonyl (C=O) groups is 4. The van der Waals surface area contributed by atoms with E-state index >= 15 is 0 Å². The number of ether oxygens (including phenoxy) is 1. The maximum Gasteiger partial charge on any atom is 0.325 e. The number of nitrogens with one attached hydrogen (secondary N) is 1. The lowest BCUT2D eigenvalue weighted by Crippen LogP contribution is -2.40. The molecular weight excluding hydrogens is 388 g/mol. The number of methoxy groups -OCH3 is 1. The maximum atomic E-state index is 12.9. The summed E-state index contributed by atoms with van der Waals surface area (Å²) < 4.78 is 4.66. The Kier molecular flexibility index (Phi) is 13.0. The molecule has 172 valence electrons. The van der Waals surface area contributed by atoms with Crippen LogP contribution in [0.2, 0.25) is 0 Å². The quantitative estimate of drug-likeness (QED) is 0.191. The Morgan fingerprint density at radius 1 is 1.17 bits per heavy atom. The number of hydroxylamine groups is 1. The highest BCUT2D eigenvalue weighted by Crippen LogP contribution is 2.25. The predicted molar refractivity (Wildman–Crippen MR) is 112 cm³/mol. The number of unbranched alkanes of at least 4 members (excludes halogenated alkanes) is 5. The molecule has 0 spiro atoms. The number of Topliss-reactive ketones (excluding diaryl/α,β-unsaturated/α-hetero) is 1. The van der Waals surface area contributed by atoms with Gasteiger partial charge >= 0.3 is 5.97 Å². The standard InChI is InChI=1S/C22H38N2O6/c1-3-4-5-6-7-8-11-17(15-20(26)23-29)19(25)14-18-12-9-10-13-24(22(18)28)16-21(27)30-2/h17-18,29H,3-16H2,1-2H3,(H,23,26)/t17-,18-/m1/s1. The van der Waals surface area contributed by atoms with Crippen molar-refractivity contribution in [1.29, 1.82) is 0 Å². The summed E-state index contributed by atoms with van der Waals surface area (Å²) in [7, 11) is 1.28. The van der Waals surface area contributed by atoms with Crippen molar-refractivity contribution in [3.05, 3.63) is 0 Å². The lowest BCUT2D eigenvalue weighted by Gasteiger charge is -2.24. The molecule has 2 N–H and O–H groups in total. The molecule has 0 radical (unpaired) electrons. The van der Waals surface area contributed by atoms with Crippen LogP contribution in [0.3, 0.4) is 0 Å². The van der Waals surface area contributed by atoms with E-state index in [0.29, 0.717) is 19.4 Å². The van der Waals surface area contributed by atoms with E-state index in [1.54, 1.807) is 5.48 Å². The van der Waals surface area contributed by atoms with Crippen molar-refractivity contribution in [2.45, 2.75) is 84.0 Å². The van der Waals surface area contributed by atoms with Crippen molar-refractivity contribution >= 4 is 23.6 Å². The largest absolute Gasteiger partial charge is 0.468 e. The van der Waals surface area contributed by atoms with Crippen LogP contribution in [0.1, 0.15) is 84.0 Å². The Morgan fingerprint density at radius 3 is 2.53 bits per heavy atom. The lowest BCUT2D eigenvalue weighted by atomic mass is 9.86. The Balaban J connectivity index is 2.68. The van der Waals surface area contributed by atoms with Crippen LogP contribution in [0, 0.1) is 11.8 Å². The molecular formula is C22H38N2O6. The van der Waals surface area contributed by atoms with Gasteiger partial charge in [-0.15, -0.1) is 0 Å².